The highest BCUT2D eigenvalue weighted by Gasteiger charge is 2.20. The van der Waals surface area contributed by atoms with Crippen LogP contribution in [0.1, 0.15) is 29.2 Å². The van der Waals surface area contributed by atoms with Crippen LogP contribution in [0.4, 0.5) is 4.39 Å². The normalized spacial score (nSPS) is 17.6. The fraction of sp³-hybridized carbons (Fsp3) is 0.294. The van der Waals surface area contributed by atoms with Gasteiger partial charge in [0.15, 0.2) is 0 Å². The van der Waals surface area contributed by atoms with Gasteiger partial charge < -0.3 is 5.32 Å². The molecule has 0 aromatic heterocycles. The monoisotopic (exact) mass is 321 g/mol. The van der Waals surface area contributed by atoms with Crippen LogP contribution in [0, 0.1) is 12.7 Å². The van der Waals surface area contributed by atoms with Gasteiger partial charge in [-0.05, 0) is 66.1 Å². The van der Waals surface area contributed by atoms with Gasteiger partial charge in [-0.15, -0.1) is 11.8 Å². The van der Waals surface area contributed by atoms with Crippen LogP contribution in [-0.4, -0.2) is 5.75 Å². The van der Waals surface area contributed by atoms with Crippen molar-refractivity contribution in [3.8, 4) is 0 Å². The Balaban J connectivity index is 1.78. The van der Waals surface area contributed by atoms with E-state index in [0.717, 1.165) is 28.3 Å². The number of hydrogen-bond donors (Lipinski definition) is 1. The average molecular weight is 322 g/mol. The summed E-state index contributed by atoms with van der Waals surface area (Å²) in [6.45, 7) is 2.68. The Hall–Kier alpha value is -1.03. The van der Waals surface area contributed by atoms with Gasteiger partial charge in [0, 0.05) is 22.5 Å². The van der Waals surface area contributed by atoms with Gasteiger partial charge >= 0.3 is 0 Å². The maximum absolute atomic E-state index is 13.4. The number of hydrogen-bond acceptors (Lipinski definition) is 2. The molecule has 1 atom stereocenters. The van der Waals surface area contributed by atoms with Crippen molar-refractivity contribution in [2.75, 3.05) is 5.75 Å². The van der Waals surface area contributed by atoms with Gasteiger partial charge in [0.2, 0.25) is 0 Å². The number of nitrogens with one attached hydrogen (secondary N) is 1. The van der Waals surface area contributed by atoms with Crippen LogP contribution < -0.4 is 5.32 Å². The highest BCUT2D eigenvalue weighted by Crippen LogP contribution is 2.37. The molecule has 1 heterocycles. The molecule has 110 valence electrons. The first kappa shape index (κ1) is 14.9. The van der Waals surface area contributed by atoms with Crippen molar-refractivity contribution in [1.82, 2.24) is 5.32 Å². The highest BCUT2D eigenvalue weighted by molar-refractivity contribution is 7.99. The Kier molecular flexibility index (Phi) is 4.53. The maximum atomic E-state index is 13.4. The van der Waals surface area contributed by atoms with Gasteiger partial charge in [-0.25, -0.2) is 4.39 Å². The predicted molar refractivity (Wildman–Crippen MR) is 87.5 cm³/mol. The fourth-order valence-corrected chi connectivity index (χ4v) is 3.93. The van der Waals surface area contributed by atoms with Crippen molar-refractivity contribution < 1.29 is 4.39 Å². The molecule has 3 rings (SSSR count). The van der Waals surface area contributed by atoms with E-state index >= 15 is 0 Å². The van der Waals surface area contributed by atoms with Crippen molar-refractivity contribution in [3.05, 3.63) is 63.9 Å². The van der Waals surface area contributed by atoms with Crippen LogP contribution >= 0.6 is 23.4 Å². The van der Waals surface area contributed by atoms with Gasteiger partial charge in [0.1, 0.15) is 5.82 Å². The van der Waals surface area contributed by atoms with E-state index in [-0.39, 0.29) is 11.9 Å². The second-order valence-electron chi connectivity index (χ2n) is 5.32. The molecule has 0 saturated heterocycles. The van der Waals surface area contributed by atoms with Crippen molar-refractivity contribution in [2.24, 2.45) is 0 Å². The van der Waals surface area contributed by atoms with Crippen LogP contribution in [0.3, 0.4) is 0 Å². The Morgan fingerprint density at radius 2 is 2.14 bits per heavy atom. The van der Waals surface area contributed by atoms with Gasteiger partial charge in [-0.3, -0.25) is 0 Å². The largest absolute Gasteiger partial charge is 0.306 e. The molecule has 0 amide bonds. The molecule has 0 bridgehead atoms. The molecule has 0 saturated carbocycles. The summed E-state index contributed by atoms with van der Waals surface area (Å²) in [5, 5.41) is 4.32. The molecule has 21 heavy (non-hydrogen) atoms. The SMILES string of the molecule is Cc1ccc(F)cc1CNC1CCSc2ccc(Cl)cc21. The van der Waals surface area contributed by atoms with E-state index in [4.69, 9.17) is 11.6 Å². The lowest BCUT2D eigenvalue weighted by molar-refractivity contribution is 0.507. The maximum Gasteiger partial charge on any atom is 0.123 e. The molecule has 1 aliphatic heterocycles. The summed E-state index contributed by atoms with van der Waals surface area (Å²) in [6, 6.07) is 11.3. The van der Waals surface area contributed by atoms with Crippen molar-refractivity contribution in [1.29, 1.82) is 0 Å². The summed E-state index contributed by atoms with van der Waals surface area (Å²) >= 11 is 7.99. The van der Waals surface area contributed by atoms with E-state index in [1.165, 1.54) is 16.5 Å². The molecule has 0 aliphatic carbocycles. The third kappa shape index (κ3) is 3.42. The summed E-state index contributed by atoms with van der Waals surface area (Å²) in [5.74, 6) is 0.911. The van der Waals surface area contributed by atoms with Crippen LogP contribution in [0.25, 0.3) is 0 Å². The molecule has 0 spiro atoms. The van der Waals surface area contributed by atoms with Crippen LogP contribution in [0.2, 0.25) is 5.02 Å². The predicted octanol–water partition coefficient (Wildman–Crippen LogP) is 5.11. The molecule has 4 heteroatoms. The van der Waals surface area contributed by atoms with Gasteiger partial charge in [-0.1, -0.05) is 17.7 Å². The van der Waals surface area contributed by atoms with E-state index < -0.39 is 0 Å². The van der Waals surface area contributed by atoms with Crippen LogP contribution in [0.5, 0.6) is 0 Å². The Morgan fingerprint density at radius 3 is 3.00 bits per heavy atom. The third-order valence-corrected chi connectivity index (χ3v) is 5.22. The zero-order valence-corrected chi connectivity index (χ0v) is 13.4. The van der Waals surface area contributed by atoms with E-state index in [0.29, 0.717) is 6.54 Å². The summed E-state index contributed by atoms with van der Waals surface area (Å²) in [5.41, 5.74) is 3.38. The fourth-order valence-electron chi connectivity index (χ4n) is 2.64. The standard InChI is InChI=1S/C17H17ClFNS/c1-11-2-4-14(19)8-12(11)10-20-16-6-7-21-17-5-3-13(18)9-15(16)17/h2-5,8-9,16,20H,6-7,10H2,1H3. The topological polar surface area (TPSA) is 12.0 Å². The lowest BCUT2D eigenvalue weighted by Crippen LogP contribution is -2.24. The molecule has 1 N–H and O–H groups in total. The van der Waals surface area contributed by atoms with E-state index in [9.17, 15) is 4.39 Å². The number of thioether (sulfide) groups is 1. The van der Waals surface area contributed by atoms with E-state index in [2.05, 4.69) is 11.4 Å². The summed E-state index contributed by atoms with van der Waals surface area (Å²) in [7, 11) is 0. The average Bonchev–Trinajstić information content (AvgIpc) is 2.48. The summed E-state index contributed by atoms with van der Waals surface area (Å²) < 4.78 is 13.4. The quantitative estimate of drug-likeness (QED) is 0.842. The molecule has 1 aliphatic rings. The molecule has 0 radical (unpaired) electrons. The summed E-state index contributed by atoms with van der Waals surface area (Å²) in [4.78, 5) is 1.29. The zero-order valence-electron chi connectivity index (χ0n) is 11.8. The molecule has 1 unspecified atom stereocenters. The minimum Gasteiger partial charge on any atom is -0.306 e. The van der Waals surface area contributed by atoms with Crippen LogP contribution in [0.15, 0.2) is 41.3 Å². The highest BCUT2D eigenvalue weighted by atomic mass is 35.5. The number of halogens is 2. The van der Waals surface area contributed by atoms with Gasteiger partial charge in [-0.2, -0.15) is 0 Å². The second kappa shape index (κ2) is 6.39. The number of aryl methyl sites for hydroxylation is 1. The zero-order chi connectivity index (χ0) is 14.8. The lowest BCUT2D eigenvalue weighted by Gasteiger charge is -2.26. The van der Waals surface area contributed by atoms with Gasteiger partial charge in [0.05, 0.1) is 0 Å². The first-order valence-electron chi connectivity index (χ1n) is 7.04. The Morgan fingerprint density at radius 1 is 1.29 bits per heavy atom. The molecular weight excluding hydrogens is 305 g/mol. The number of benzene rings is 2. The second-order valence-corrected chi connectivity index (χ2v) is 6.90. The van der Waals surface area contributed by atoms with Crippen molar-refractivity contribution >= 4 is 23.4 Å². The minimum atomic E-state index is -0.181. The molecule has 1 nitrogen and oxygen atoms in total. The van der Waals surface area contributed by atoms with E-state index in [1.54, 1.807) is 6.07 Å². The minimum absolute atomic E-state index is 0.181. The number of rotatable bonds is 3. The van der Waals surface area contributed by atoms with Crippen molar-refractivity contribution in [2.45, 2.75) is 30.8 Å². The first-order valence-corrected chi connectivity index (χ1v) is 8.40. The molecule has 2 aromatic carbocycles. The molecule has 2 aromatic rings. The molecular formula is C17H17ClFNS. The third-order valence-electron chi connectivity index (χ3n) is 3.86. The summed E-state index contributed by atoms with van der Waals surface area (Å²) in [6.07, 6.45) is 1.06. The Bertz CT molecular complexity index is 659. The van der Waals surface area contributed by atoms with E-state index in [1.807, 2.05) is 36.9 Å². The Labute approximate surface area is 133 Å². The van der Waals surface area contributed by atoms with Gasteiger partial charge in [0.25, 0.3) is 0 Å². The smallest absolute Gasteiger partial charge is 0.123 e. The number of fused-ring (bicyclic) bond motifs is 1. The molecule has 0 fully saturated rings. The van der Waals surface area contributed by atoms with Crippen LogP contribution in [-0.2, 0) is 6.54 Å². The lowest BCUT2D eigenvalue weighted by atomic mass is 10.0. The van der Waals surface area contributed by atoms with Crippen molar-refractivity contribution in [3.63, 3.8) is 0 Å². The first-order chi connectivity index (χ1) is 10.1.